The minimum Gasteiger partial charge on any atom is -0.320 e. The third kappa shape index (κ3) is 2.65. The third-order valence-corrected chi connectivity index (χ3v) is 3.67. The summed E-state index contributed by atoms with van der Waals surface area (Å²) >= 11 is 7.23. The molecule has 2 N–H and O–H groups in total. The summed E-state index contributed by atoms with van der Waals surface area (Å²) in [7, 11) is 0. The molecule has 5 heteroatoms. The maximum Gasteiger partial charge on any atom is 0.0832 e. The zero-order valence-corrected chi connectivity index (χ0v) is 11.3. The summed E-state index contributed by atoms with van der Waals surface area (Å²) in [5.41, 5.74) is 8.25. The smallest absolute Gasteiger partial charge is 0.0832 e. The Labute approximate surface area is 110 Å². The second-order valence-corrected chi connectivity index (χ2v) is 5.43. The van der Waals surface area contributed by atoms with Gasteiger partial charge in [0.2, 0.25) is 0 Å². The molecule has 0 radical (unpaired) electrons. The van der Waals surface area contributed by atoms with Crippen LogP contribution in [0.25, 0.3) is 0 Å². The number of hydrogen-bond donors (Lipinski definition) is 1. The SMILES string of the molecule is CC(C)c1nnsc1C(N)c1ccc(Cl)cc1. The average molecular weight is 268 g/mol. The van der Waals surface area contributed by atoms with E-state index in [1.807, 2.05) is 24.3 Å². The molecule has 0 aliphatic heterocycles. The summed E-state index contributed by atoms with van der Waals surface area (Å²) in [6, 6.07) is 7.40. The Balaban J connectivity index is 2.33. The molecule has 0 saturated carbocycles. The molecule has 3 nitrogen and oxygen atoms in total. The molecule has 0 spiro atoms. The van der Waals surface area contributed by atoms with Gasteiger partial charge >= 0.3 is 0 Å². The van der Waals surface area contributed by atoms with Crippen molar-refractivity contribution in [3.63, 3.8) is 0 Å². The van der Waals surface area contributed by atoms with Gasteiger partial charge in [0.15, 0.2) is 0 Å². The van der Waals surface area contributed by atoms with E-state index in [2.05, 4.69) is 23.4 Å². The fraction of sp³-hybridized carbons (Fsp3) is 0.333. The molecule has 0 saturated heterocycles. The van der Waals surface area contributed by atoms with E-state index in [1.165, 1.54) is 11.5 Å². The van der Waals surface area contributed by atoms with Crippen LogP contribution in [0.15, 0.2) is 24.3 Å². The third-order valence-electron chi connectivity index (χ3n) is 2.60. The van der Waals surface area contributed by atoms with Gasteiger partial charge in [-0.2, -0.15) is 0 Å². The standard InChI is InChI=1S/C12H14ClN3S/c1-7(2)11-12(17-16-15-11)10(14)8-3-5-9(13)6-4-8/h3-7,10H,14H2,1-2H3. The molecular weight excluding hydrogens is 254 g/mol. The first kappa shape index (κ1) is 12.5. The fourth-order valence-electron chi connectivity index (χ4n) is 1.64. The summed E-state index contributed by atoms with van der Waals surface area (Å²) in [5.74, 6) is 0.335. The zero-order valence-electron chi connectivity index (χ0n) is 9.72. The minimum absolute atomic E-state index is 0.176. The van der Waals surface area contributed by atoms with Crippen LogP contribution in [-0.4, -0.2) is 9.59 Å². The first-order valence-electron chi connectivity index (χ1n) is 5.42. The van der Waals surface area contributed by atoms with E-state index in [0.29, 0.717) is 10.9 Å². The Bertz CT molecular complexity index is 493. The van der Waals surface area contributed by atoms with Crippen molar-refractivity contribution in [3.8, 4) is 0 Å². The van der Waals surface area contributed by atoms with Gasteiger partial charge in [0.1, 0.15) is 0 Å². The summed E-state index contributed by atoms with van der Waals surface area (Å²) in [6.45, 7) is 4.18. The predicted molar refractivity (Wildman–Crippen MR) is 71.5 cm³/mol. The molecule has 0 bridgehead atoms. The van der Waals surface area contributed by atoms with Crippen LogP contribution in [0.2, 0.25) is 5.02 Å². The average Bonchev–Trinajstić information content (AvgIpc) is 2.78. The summed E-state index contributed by atoms with van der Waals surface area (Å²) < 4.78 is 3.99. The Morgan fingerprint density at radius 3 is 2.47 bits per heavy atom. The predicted octanol–water partition coefficient (Wildman–Crippen LogP) is 3.36. The summed E-state index contributed by atoms with van der Waals surface area (Å²) in [4.78, 5) is 1.03. The molecule has 1 atom stereocenters. The lowest BCUT2D eigenvalue weighted by Gasteiger charge is -2.12. The number of benzene rings is 1. The Morgan fingerprint density at radius 2 is 1.88 bits per heavy atom. The van der Waals surface area contributed by atoms with Crippen LogP contribution >= 0.6 is 23.1 Å². The molecule has 0 fully saturated rings. The van der Waals surface area contributed by atoms with Crippen molar-refractivity contribution in [1.29, 1.82) is 0 Å². The number of aromatic nitrogens is 2. The Morgan fingerprint density at radius 1 is 1.24 bits per heavy atom. The van der Waals surface area contributed by atoms with Gasteiger partial charge in [-0.25, -0.2) is 0 Å². The van der Waals surface area contributed by atoms with Crippen LogP contribution in [-0.2, 0) is 0 Å². The van der Waals surface area contributed by atoms with Crippen LogP contribution in [0.1, 0.15) is 41.9 Å². The molecule has 0 amide bonds. The van der Waals surface area contributed by atoms with Crippen LogP contribution in [0.4, 0.5) is 0 Å². The molecule has 2 rings (SSSR count). The summed E-state index contributed by atoms with van der Waals surface area (Å²) in [5, 5.41) is 4.86. The van der Waals surface area contributed by atoms with Crippen molar-refractivity contribution in [2.45, 2.75) is 25.8 Å². The van der Waals surface area contributed by atoms with Gasteiger partial charge in [-0.05, 0) is 35.1 Å². The molecule has 0 aliphatic rings. The highest BCUT2D eigenvalue weighted by Gasteiger charge is 2.19. The van der Waals surface area contributed by atoms with Crippen molar-refractivity contribution < 1.29 is 0 Å². The Hall–Kier alpha value is -0.970. The molecule has 1 unspecified atom stereocenters. The second-order valence-electron chi connectivity index (χ2n) is 4.21. The van der Waals surface area contributed by atoms with E-state index >= 15 is 0 Å². The molecule has 90 valence electrons. The maximum atomic E-state index is 6.24. The lowest BCUT2D eigenvalue weighted by molar-refractivity contribution is 0.771. The maximum absolute atomic E-state index is 6.24. The first-order chi connectivity index (χ1) is 8.09. The largest absolute Gasteiger partial charge is 0.320 e. The van der Waals surface area contributed by atoms with Gasteiger partial charge in [-0.1, -0.05) is 42.1 Å². The number of nitrogens with two attached hydrogens (primary N) is 1. The Kier molecular flexibility index (Phi) is 3.76. The quantitative estimate of drug-likeness (QED) is 0.928. The van der Waals surface area contributed by atoms with Gasteiger partial charge < -0.3 is 5.73 Å². The number of halogens is 1. The van der Waals surface area contributed by atoms with Crippen LogP contribution in [0, 0.1) is 0 Å². The van der Waals surface area contributed by atoms with Crippen molar-refractivity contribution in [2.24, 2.45) is 5.73 Å². The highest BCUT2D eigenvalue weighted by Crippen LogP contribution is 2.29. The fourth-order valence-corrected chi connectivity index (χ4v) is 2.60. The van der Waals surface area contributed by atoms with E-state index in [4.69, 9.17) is 17.3 Å². The molecule has 1 aromatic heterocycles. The normalized spacial score (nSPS) is 13.0. The molecule has 1 aromatic carbocycles. The minimum atomic E-state index is -0.176. The lowest BCUT2D eigenvalue weighted by atomic mass is 10.0. The number of rotatable bonds is 3. The molecule has 2 aromatic rings. The summed E-state index contributed by atoms with van der Waals surface area (Å²) in [6.07, 6.45) is 0. The van der Waals surface area contributed by atoms with Crippen LogP contribution in [0.5, 0.6) is 0 Å². The van der Waals surface area contributed by atoms with Crippen molar-refractivity contribution >= 4 is 23.1 Å². The van der Waals surface area contributed by atoms with Gasteiger partial charge in [-0.15, -0.1) is 5.10 Å². The van der Waals surface area contributed by atoms with Gasteiger partial charge in [0.05, 0.1) is 16.6 Å². The van der Waals surface area contributed by atoms with E-state index in [0.717, 1.165) is 16.1 Å². The first-order valence-corrected chi connectivity index (χ1v) is 6.58. The molecule has 17 heavy (non-hydrogen) atoms. The van der Waals surface area contributed by atoms with Gasteiger partial charge in [-0.3, -0.25) is 0 Å². The van der Waals surface area contributed by atoms with E-state index < -0.39 is 0 Å². The lowest BCUT2D eigenvalue weighted by Crippen LogP contribution is -2.12. The van der Waals surface area contributed by atoms with E-state index in [-0.39, 0.29) is 6.04 Å². The highest BCUT2D eigenvalue weighted by molar-refractivity contribution is 7.05. The van der Waals surface area contributed by atoms with Gasteiger partial charge in [0.25, 0.3) is 0 Å². The topological polar surface area (TPSA) is 51.8 Å². The zero-order chi connectivity index (χ0) is 12.4. The van der Waals surface area contributed by atoms with Crippen LogP contribution < -0.4 is 5.73 Å². The number of nitrogens with zero attached hydrogens (tertiary/aromatic N) is 2. The van der Waals surface area contributed by atoms with Crippen LogP contribution in [0.3, 0.4) is 0 Å². The van der Waals surface area contributed by atoms with Crippen molar-refractivity contribution in [2.75, 3.05) is 0 Å². The molecule has 0 aliphatic carbocycles. The molecular formula is C12H14ClN3S. The van der Waals surface area contributed by atoms with Crippen molar-refractivity contribution in [3.05, 3.63) is 45.4 Å². The second kappa shape index (κ2) is 5.12. The van der Waals surface area contributed by atoms with E-state index in [9.17, 15) is 0 Å². The highest BCUT2D eigenvalue weighted by atomic mass is 35.5. The van der Waals surface area contributed by atoms with Gasteiger partial charge in [0, 0.05) is 5.02 Å². The van der Waals surface area contributed by atoms with E-state index in [1.54, 1.807) is 0 Å². The number of hydrogen-bond acceptors (Lipinski definition) is 4. The molecule has 1 heterocycles. The van der Waals surface area contributed by atoms with Crippen molar-refractivity contribution in [1.82, 2.24) is 9.59 Å². The monoisotopic (exact) mass is 267 g/mol.